The number of hydrogen-bond donors (Lipinski definition) is 3. The summed E-state index contributed by atoms with van der Waals surface area (Å²) in [5.41, 5.74) is 2.12. The van der Waals surface area contributed by atoms with Crippen molar-refractivity contribution >= 4 is 11.6 Å². The zero-order chi connectivity index (χ0) is 16.0. The summed E-state index contributed by atoms with van der Waals surface area (Å²) in [6.07, 6.45) is 4.02. The van der Waals surface area contributed by atoms with Gasteiger partial charge in [0.05, 0.1) is 11.0 Å². The van der Waals surface area contributed by atoms with Crippen molar-refractivity contribution in [2.45, 2.75) is 63.5 Å². The largest absolute Gasteiger partial charge is 0.389 e. The Morgan fingerprint density at radius 2 is 2.00 bits per heavy atom. The van der Waals surface area contributed by atoms with Gasteiger partial charge in [0.15, 0.2) is 0 Å². The van der Waals surface area contributed by atoms with Gasteiger partial charge in [-0.25, -0.2) is 0 Å². The minimum absolute atomic E-state index is 0.0560. The molecular weight excluding hydrogens is 276 g/mol. The molecule has 1 aliphatic carbocycles. The monoisotopic (exact) mass is 302 g/mol. The van der Waals surface area contributed by atoms with Gasteiger partial charge in [-0.3, -0.25) is 4.79 Å². The molecule has 22 heavy (non-hydrogen) atoms. The molecule has 0 aromatic heterocycles. The summed E-state index contributed by atoms with van der Waals surface area (Å²) in [5.74, 6) is 0.0560. The molecular formula is C18H26N2O2. The molecule has 1 aromatic rings. The Kier molecular flexibility index (Phi) is 3.77. The van der Waals surface area contributed by atoms with Crippen molar-refractivity contribution in [3.63, 3.8) is 0 Å². The molecule has 0 radical (unpaired) electrons. The first-order chi connectivity index (χ1) is 10.3. The molecule has 1 atom stereocenters. The summed E-state index contributed by atoms with van der Waals surface area (Å²) in [5, 5.41) is 16.8. The van der Waals surface area contributed by atoms with E-state index in [2.05, 4.69) is 29.7 Å². The number of carbonyl (C=O) groups excluding carboxylic acids is 1. The van der Waals surface area contributed by atoms with E-state index in [0.29, 0.717) is 6.54 Å². The molecule has 1 amide bonds. The van der Waals surface area contributed by atoms with E-state index in [1.54, 1.807) is 0 Å². The maximum atomic E-state index is 12.0. The predicted molar refractivity (Wildman–Crippen MR) is 87.9 cm³/mol. The second kappa shape index (κ2) is 5.36. The Hall–Kier alpha value is -1.39. The van der Waals surface area contributed by atoms with Crippen molar-refractivity contribution in [1.29, 1.82) is 0 Å². The topological polar surface area (TPSA) is 61.4 Å². The third kappa shape index (κ3) is 2.66. The Labute approximate surface area is 132 Å². The van der Waals surface area contributed by atoms with Gasteiger partial charge in [-0.05, 0) is 50.8 Å². The van der Waals surface area contributed by atoms with Crippen LogP contribution in [0.3, 0.4) is 0 Å². The summed E-state index contributed by atoms with van der Waals surface area (Å²) in [7, 11) is 0. The number of fused-ring (bicyclic) bond motifs is 1. The normalized spacial score (nSPS) is 23.2. The third-order valence-electron chi connectivity index (χ3n) is 5.30. The van der Waals surface area contributed by atoms with Crippen LogP contribution in [-0.4, -0.2) is 23.2 Å². The van der Waals surface area contributed by atoms with Crippen LogP contribution in [0.1, 0.15) is 63.6 Å². The van der Waals surface area contributed by atoms with E-state index in [-0.39, 0.29) is 11.9 Å². The molecule has 0 saturated heterocycles. The summed E-state index contributed by atoms with van der Waals surface area (Å²) in [6.45, 7) is 6.65. The summed E-state index contributed by atoms with van der Waals surface area (Å²) in [6, 6.07) is 6.31. The van der Waals surface area contributed by atoms with Crippen LogP contribution in [0.5, 0.6) is 0 Å². The molecule has 0 bridgehead atoms. The van der Waals surface area contributed by atoms with Crippen LogP contribution in [0.4, 0.5) is 5.69 Å². The predicted octanol–water partition coefficient (Wildman–Crippen LogP) is 2.87. The summed E-state index contributed by atoms with van der Waals surface area (Å²) >= 11 is 0. The highest BCUT2D eigenvalue weighted by Crippen LogP contribution is 2.38. The van der Waals surface area contributed by atoms with E-state index < -0.39 is 11.0 Å². The average molecular weight is 302 g/mol. The van der Waals surface area contributed by atoms with Crippen molar-refractivity contribution in [3.05, 3.63) is 29.3 Å². The minimum Gasteiger partial charge on any atom is -0.389 e. The van der Waals surface area contributed by atoms with Crippen LogP contribution < -0.4 is 10.6 Å². The smallest absolute Gasteiger partial charge is 0.234 e. The number of amides is 1. The first-order valence-corrected chi connectivity index (χ1v) is 8.23. The number of rotatable bonds is 4. The lowest BCUT2D eigenvalue weighted by Crippen LogP contribution is -2.39. The van der Waals surface area contributed by atoms with Crippen LogP contribution in [-0.2, 0) is 10.2 Å². The van der Waals surface area contributed by atoms with Crippen molar-refractivity contribution in [1.82, 2.24) is 5.32 Å². The molecule has 1 unspecified atom stereocenters. The number of anilines is 1. The van der Waals surface area contributed by atoms with Gasteiger partial charge in [0.1, 0.15) is 0 Å². The number of aliphatic hydroxyl groups is 1. The lowest BCUT2D eigenvalue weighted by Gasteiger charge is -2.26. The fraction of sp³-hybridized carbons (Fsp3) is 0.611. The molecule has 1 saturated carbocycles. The van der Waals surface area contributed by atoms with Gasteiger partial charge in [0.25, 0.3) is 0 Å². The third-order valence-corrected chi connectivity index (χ3v) is 5.30. The average Bonchev–Trinajstić information content (AvgIpc) is 3.00. The van der Waals surface area contributed by atoms with E-state index in [1.165, 1.54) is 0 Å². The Bertz CT molecular complexity index is 589. The molecule has 1 aliphatic heterocycles. The van der Waals surface area contributed by atoms with Crippen molar-refractivity contribution in [3.8, 4) is 0 Å². The zero-order valence-electron chi connectivity index (χ0n) is 13.7. The van der Waals surface area contributed by atoms with Gasteiger partial charge >= 0.3 is 0 Å². The van der Waals surface area contributed by atoms with Gasteiger partial charge < -0.3 is 15.7 Å². The van der Waals surface area contributed by atoms with Gasteiger partial charge in [0.2, 0.25) is 5.91 Å². The van der Waals surface area contributed by atoms with E-state index in [0.717, 1.165) is 42.5 Å². The van der Waals surface area contributed by atoms with Crippen molar-refractivity contribution in [2.75, 3.05) is 11.9 Å². The molecule has 120 valence electrons. The molecule has 4 nitrogen and oxygen atoms in total. The maximum Gasteiger partial charge on any atom is 0.234 e. The van der Waals surface area contributed by atoms with Crippen LogP contribution in [0.25, 0.3) is 0 Å². The number of hydrogen-bond acceptors (Lipinski definition) is 3. The molecule has 1 fully saturated rings. The zero-order valence-corrected chi connectivity index (χ0v) is 13.7. The highest BCUT2D eigenvalue weighted by molar-refractivity contribution is 6.05. The fourth-order valence-corrected chi connectivity index (χ4v) is 3.53. The highest BCUT2D eigenvalue weighted by Gasteiger charge is 2.38. The van der Waals surface area contributed by atoms with Gasteiger partial charge in [-0.1, -0.05) is 25.0 Å². The number of benzene rings is 1. The van der Waals surface area contributed by atoms with E-state index >= 15 is 0 Å². The fourth-order valence-electron chi connectivity index (χ4n) is 3.53. The van der Waals surface area contributed by atoms with E-state index in [4.69, 9.17) is 0 Å². The maximum absolute atomic E-state index is 12.0. The molecule has 2 aliphatic rings. The molecule has 1 heterocycles. The number of nitrogens with one attached hydrogen (secondary N) is 2. The Balaban J connectivity index is 1.73. The quantitative estimate of drug-likeness (QED) is 0.801. The van der Waals surface area contributed by atoms with E-state index in [1.807, 2.05) is 19.9 Å². The lowest BCUT2D eigenvalue weighted by atomic mass is 9.85. The van der Waals surface area contributed by atoms with Gasteiger partial charge in [-0.2, -0.15) is 0 Å². The van der Waals surface area contributed by atoms with Gasteiger partial charge in [-0.15, -0.1) is 0 Å². The Morgan fingerprint density at radius 1 is 1.32 bits per heavy atom. The number of carbonyl (C=O) groups is 1. The minimum atomic E-state index is -0.540. The first-order valence-electron chi connectivity index (χ1n) is 8.23. The van der Waals surface area contributed by atoms with Crippen molar-refractivity contribution < 1.29 is 9.90 Å². The first kappa shape index (κ1) is 15.5. The van der Waals surface area contributed by atoms with Crippen LogP contribution in [0, 0.1) is 0 Å². The summed E-state index contributed by atoms with van der Waals surface area (Å²) < 4.78 is 0. The molecule has 1 aromatic carbocycles. The lowest BCUT2D eigenvalue weighted by molar-refractivity contribution is -0.119. The highest BCUT2D eigenvalue weighted by atomic mass is 16.3. The molecule has 3 rings (SSSR count). The Morgan fingerprint density at radius 3 is 2.68 bits per heavy atom. The molecule has 3 N–H and O–H groups in total. The molecule has 4 heteroatoms. The molecule has 0 spiro atoms. The van der Waals surface area contributed by atoms with Crippen LogP contribution in [0.15, 0.2) is 18.2 Å². The second-order valence-electron chi connectivity index (χ2n) is 7.42. The van der Waals surface area contributed by atoms with Crippen molar-refractivity contribution in [2.24, 2.45) is 0 Å². The van der Waals surface area contributed by atoms with Gasteiger partial charge in [0, 0.05) is 18.3 Å². The second-order valence-corrected chi connectivity index (χ2v) is 7.42. The summed E-state index contributed by atoms with van der Waals surface area (Å²) in [4.78, 5) is 12.0. The van der Waals surface area contributed by atoms with E-state index in [9.17, 15) is 9.90 Å². The van der Waals surface area contributed by atoms with Crippen LogP contribution in [0.2, 0.25) is 0 Å². The SMILES string of the molecule is CC(NCC1(O)CCCC1)c1ccc2c(c1)C(C)(C)C(=O)N2. The standard InChI is InChI=1S/C18H26N2O2/c1-12(19-11-18(22)8-4-5-9-18)13-6-7-15-14(10-13)17(2,3)16(21)20-15/h6-7,10,12,19,22H,4-5,8-9,11H2,1-3H3,(H,20,21). The van der Waals surface area contributed by atoms with Crippen LogP contribution >= 0.6 is 0 Å².